The first-order valence-electron chi connectivity index (χ1n) is 10.4. The van der Waals surface area contributed by atoms with Crippen LogP contribution < -0.4 is 4.74 Å². The Balaban J connectivity index is 1.44. The van der Waals surface area contributed by atoms with Crippen molar-refractivity contribution in [2.24, 2.45) is 0 Å². The molecule has 4 nitrogen and oxygen atoms in total. The average molecular weight is 422 g/mol. The number of hydrogen-bond acceptors (Lipinski definition) is 4. The van der Waals surface area contributed by atoms with Crippen LogP contribution in [0.25, 0.3) is 11.1 Å². The van der Waals surface area contributed by atoms with Gasteiger partial charge in [-0.05, 0) is 66.6 Å². The Kier molecular flexibility index (Phi) is 5.23. The van der Waals surface area contributed by atoms with Crippen molar-refractivity contribution in [1.82, 2.24) is 4.98 Å². The molecule has 1 heterocycles. The van der Waals surface area contributed by atoms with Crippen LogP contribution in [0.4, 0.5) is 0 Å². The molecule has 0 aliphatic heterocycles. The van der Waals surface area contributed by atoms with Gasteiger partial charge in [0.05, 0.1) is 24.9 Å². The molecule has 30 heavy (non-hydrogen) atoms. The SMILES string of the molecule is OCc1ccc(Cl)c(COC2(c3cnccc3-c3ccccc3OC3CC3)CC2)c1. The second-order valence-electron chi connectivity index (χ2n) is 8.10. The topological polar surface area (TPSA) is 51.6 Å². The van der Waals surface area contributed by atoms with E-state index in [0.29, 0.717) is 17.7 Å². The van der Waals surface area contributed by atoms with E-state index in [1.165, 1.54) is 0 Å². The maximum atomic E-state index is 9.42. The summed E-state index contributed by atoms with van der Waals surface area (Å²) in [6.07, 6.45) is 8.20. The van der Waals surface area contributed by atoms with E-state index in [2.05, 4.69) is 11.1 Å². The summed E-state index contributed by atoms with van der Waals surface area (Å²) in [4.78, 5) is 4.40. The molecule has 2 saturated carbocycles. The van der Waals surface area contributed by atoms with Crippen LogP contribution in [-0.4, -0.2) is 16.2 Å². The minimum atomic E-state index is -0.366. The summed E-state index contributed by atoms with van der Waals surface area (Å²) in [7, 11) is 0. The van der Waals surface area contributed by atoms with Gasteiger partial charge in [-0.2, -0.15) is 0 Å². The fourth-order valence-corrected chi connectivity index (χ4v) is 3.98. The third-order valence-corrected chi connectivity index (χ3v) is 6.18. The Morgan fingerprint density at radius 3 is 2.67 bits per heavy atom. The first kappa shape index (κ1) is 19.6. The van der Waals surface area contributed by atoms with Crippen LogP contribution in [0.5, 0.6) is 5.75 Å². The van der Waals surface area contributed by atoms with Crippen molar-refractivity contribution in [3.05, 3.63) is 82.6 Å². The fourth-order valence-electron chi connectivity index (χ4n) is 3.81. The van der Waals surface area contributed by atoms with Gasteiger partial charge >= 0.3 is 0 Å². The number of hydrogen-bond donors (Lipinski definition) is 1. The summed E-state index contributed by atoms with van der Waals surface area (Å²) in [5, 5.41) is 10.1. The molecule has 0 bridgehead atoms. The minimum Gasteiger partial charge on any atom is -0.490 e. The lowest BCUT2D eigenvalue weighted by Gasteiger charge is -2.22. The summed E-state index contributed by atoms with van der Waals surface area (Å²) in [5.74, 6) is 0.918. The lowest BCUT2D eigenvalue weighted by atomic mass is 9.96. The van der Waals surface area contributed by atoms with E-state index in [9.17, 15) is 5.11 Å². The van der Waals surface area contributed by atoms with Gasteiger partial charge in [0, 0.05) is 28.5 Å². The van der Waals surface area contributed by atoms with Gasteiger partial charge in [-0.3, -0.25) is 4.98 Å². The molecule has 2 aromatic carbocycles. The van der Waals surface area contributed by atoms with E-state index >= 15 is 0 Å². The van der Waals surface area contributed by atoms with E-state index in [1.807, 2.05) is 54.9 Å². The number of ether oxygens (including phenoxy) is 2. The zero-order valence-electron chi connectivity index (χ0n) is 16.7. The van der Waals surface area contributed by atoms with Crippen molar-refractivity contribution >= 4 is 11.6 Å². The summed E-state index contributed by atoms with van der Waals surface area (Å²) >= 11 is 6.36. The molecule has 0 spiro atoms. The molecule has 2 aliphatic carbocycles. The molecule has 1 aromatic heterocycles. The van der Waals surface area contributed by atoms with Crippen LogP contribution in [-0.2, 0) is 23.6 Å². The van der Waals surface area contributed by atoms with Crippen LogP contribution in [0, 0.1) is 0 Å². The van der Waals surface area contributed by atoms with Crippen molar-refractivity contribution < 1.29 is 14.6 Å². The number of benzene rings is 2. The molecule has 2 aliphatic rings. The van der Waals surface area contributed by atoms with Crippen molar-refractivity contribution in [1.29, 1.82) is 0 Å². The van der Waals surface area contributed by atoms with Crippen molar-refractivity contribution in [2.45, 2.75) is 50.6 Å². The summed E-state index contributed by atoms with van der Waals surface area (Å²) < 4.78 is 12.6. The normalized spacial score (nSPS) is 17.0. The number of pyridine rings is 1. The highest BCUT2D eigenvalue weighted by atomic mass is 35.5. The van der Waals surface area contributed by atoms with Crippen LogP contribution in [0.15, 0.2) is 60.9 Å². The first-order valence-corrected chi connectivity index (χ1v) is 10.8. The molecule has 1 N–H and O–H groups in total. The Morgan fingerprint density at radius 2 is 1.90 bits per heavy atom. The van der Waals surface area contributed by atoms with Crippen molar-refractivity contribution in [3.8, 4) is 16.9 Å². The van der Waals surface area contributed by atoms with Gasteiger partial charge in [0.2, 0.25) is 0 Å². The summed E-state index contributed by atoms with van der Waals surface area (Å²) in [6.45, 7) is 0.376. The molecule has 2 fully saturated rings. The third-order valence-electron chi connectivity index (χ3n) is 5.81. The number of para-hydroxylation sites is 1. The molecule has 0 amide bonds. The van der Waals surface area contributed by atoms with Crippen molar-refractivity contribution in [2.75, 3.05) is 0 Å². The standard InChI is InChI=1S/C25H24ClNO3/c26-23-8-5-17(15-28)13-18(23)16-29-25(10-11-25)22-14-27-12-9-20(22)21-3-1-2-4-24(21)30-19-6-7-19/h1-5,8-9,12-14,19,28H,6-7,10-11,15-16H2. The minimum absolute atomic E-state index is 0.0140. The molecule has 0 atom stereocenters. The number of aliphatic hydroxyl groups excluding tert-OH is 1. The lowest BCUT2D eigenvalue weighted by Crippen LogP contribution is -2.14. The summed E-state index contributed by atoms with van der Waals surface area (Å²) in [6, 6.07) is 15.8. The van der Waals surface area contributed by atoms with Crippen LogP contribution in [0.1, 0.15) is 42.4 Å². The molecule has 0 unspecified atom stereocenters. The Hall–Kier alpha value is -2.40. The van der Waals surface area contributed by atoms with E-state index in [4.69, 9.17) is 21.1 Å². The Bertz CT molecular complexity index is 1060. The molecular formula is C25H24ClNO3. The number of rotatable bonds is 8. The van der Waals surface area contributed by atoms with Gasteiger partial charge in [0.25, 0.3) is 0 Å². The van der Waals surface area contributed by atoms with Crippen molar-refractivity contribution in [3.63, 3.8) is 0 Å². The van der Waals surface area contributed by atoms with Gasteiger partial charge in [0.15, 0.2) is 0 Å². The van der Waals surface area contributed by atoms with Crippen LogP contribution >= 0.6 is 11.6 Å². The van der Waals surface area contributed by atoms with E-state index in [-0.39, 0.29) is 12.2 Å². The number of aliphatic hydroxyl groups is 1. The second-order valence-corrected chi connectivity index (χ2v) is 8.51. The smallest absolute Gasteiger partial charge is 0.127 e. The predicted molar refractivity (Wildman–Crippen MR) is 116 cm³/mol. The highest BCUT2D eigenvalue weighted by Crippen LogP contribution is 2.53. The third kappa shape index (κ3) is 3.95. The lowest BCUT2D eigenvalue weighted by molar-refractivity contribution is 0.0173. The van der Waals surface area contributed by atoms with Gasteiger partial charge in [0.1, 0.15) is 5.75 Å². The number of aromatic nitrogens is 1. The molecule has 3 aromatic rings. The molecule has 5 heteroatoms. The van der Waals surface area contributed by atoms with Gasteiger partial charge in [-0.25, -0.2) is 0 Å². The van der Waals surface area contributed by atoms with Gasteiger partial charge in [-0.15, -0.1) is 0 Å². The van der Waals surface area contributed by atoms with Crippen LogP contribution in [0.2, 0.25) is 5.02 Å². The Labute approximate surface area is 181 Å². The number of halogens is 1. The second kappa shape index (κ2) is 8.03. The van der Waals surface area contributed by atoms with Gasteiger partial charge < -0.3 is 14.6 Å². The quantitative estimate of drug-likeness (QED) is 0.511. The molecule has 154 valence electrons. The molecular weight excluding hydrogens is 398 g/mol. The van der Waals surface area contributed by atoms with E-state index in [0.717, 1.165) is 59.3 Å². The molecule has 0 radical (unpaired) electrons. The maximum Gasteiger partial charge on any atom is 0.127 e. The molecule has 5 rings (SSSR count). The fraction of sp³-hybridized carbons (Fsp3) is 0.320. The monoisotopic (exact) mass is 421 g/mol. The maximum absolute atomic E-state index is 9.42. The highest BCUT2D eigenvalue weighted by Gasteiger charge is 2.47. The predicted octanol–water partition coefficient (Wildman–Crippen LogP) is 5.64. The zero-order chi connectivity index (χ0) is 20.6. The summed E-state index contributed by atoms with van der Waals surface area (Å²) in [5.41, 5.74) is 4.63. The average Bonchev–Trinajstić information content (AvgIpc) is 3.71. The largest absolute Gasteiger partial charge is 0.490 e. The zero-order valence-corrected chi connectivity index (χ0v) is 17.4. The molecule has 0 saturated heterocycles. The Morgan fingerprint density at radius 1 is 1.07 bits per heavy atom. The highest BCUT2D eigenvalue weighted by molar-refractivity contribution is 6.31. The first-order chi connectivity index (χ1) is 14.7. The number of nitrogens with zero attached hydrogens (tertiary/aromatic N) is 1. The van der Waals surface area contributed by atoms with Gasteiger partial charge in [-0.1, -0.05) is 35.9 Å². The van der Waals surface area contributed by atoms with Crippen LogP contribution in [0.3, 0.4) is 0 Å². The van der Waals surface area contributed by atoms with E-state index in [1.54, 1.807) is 0 Å². The van der Waals surface area contributed by atoms with E-state index < -0.39 is 0 Å².